The van der Waals surface area contributed by atoms with Crippen molar-refractivity contribution in [3.63, 3.8) is 0 Å². The van der Waals surface area contributed by atoms with Crippen LogP contribution in [0.5, 0.6) is 0 Å². The Morgan fingerprint density at radius 3 is 2.40 bits per heavy atom. The molecule has 8 heteroatoms. The fourth-order valence-electron chi connectivity index (χ4n) is 3.63. The maximum Gasteiger partial charge on any atom is 0.373 e. The summed E-state index contributed by atoms with van der Waals surface area (Å²) in [5, 5.41) is 3.62. The molecule has 0 bridgehead atoms. The zero-order valence-corrected chi connectivity index (χ0v) is 19.6. The Hall–Kier alpha value is -1.99. The number of anilines is 1. The summed E-state index contributed by atoms with van der Waals surface area (Å²) >= 11 is 3.43. The van der Waals surface area contributed by atoms with Crippen LogP contribution in [0.4, 0.5) is 5.69 Å². The SMILES string of the molecule is CCCCCCCNC1c2ccccc2N(C)S(=O)(=O)c2cc(Br)ccc21.O=C=O. The van der Waals surface area contributed by atoms with Gasteiger partial charge in [-0.15, -0.1) is 0 Å². The largest absolute Gasteiger partial charge is 0.373 e. The summed E-state index contributed by atoms with van der Waals surface area (Å²) in [5.41, 5.74) is 2.54. The smallest absolute Gasteiger partial charge is 0.306 e. The number of benzene rings is 2. The van der Waals surface area contributed by atoms with Crippen LogP contribution in [0, 0.1) is 0 Å². The Bertz CT molecular complexity index is 988. The lowest BCUT2D eigenvalue weighted by molar-refractivity contribution is -0.191. The number of hydrogen-bond acceptors (Lipinski definition) is 5. The Kier molecular flexibility index (Phi) is 9.24. The Balaban J connectivity index is 0.00000101. The normalized spacial score (nSPS) is 16.4. The van der Waals surface area contributed by atoms with E-state index in [-0.39, 0.29) is 12.2 Å². The second-order valence-electron chi connectivity index (χ2n) is 7.10. The highest BCUT2D eigenvalue weighted by Gasteiger charge is 2.34. The van der Waals surface area contributed by atoms with Gasteiger partial charge in [-0.1, -0.05) is 72.8 Å². The van der Waals surface area contributed by atoms with Crippen molar-refractivity contribution in [3.8, 4) is 0 Å². The second-order valence-corrected chi connectivity index (χ2v) is 9.95. The molecule has 0 aliphatic carbocycles. The van der Waals surface area contributed by atoms with Gasteiger partial charge in [0.15, 0.2) is 0 Å². The zero-order chi connectivity index (χ0) is 22.1. The molecule has 0 fully saturated rings. The van der Waals surface area contributed by atoms with Crippen molar-refractivity contribution in [2.24, 2.45) is 0 Å². The summed E-state index contributed by atoms with van der Waals surface area (Å²) in [5.74, 6) is 0. The number of rotatable bonds is 7. The molecule has 1 heterocycles. The van der Waals surface area contributed by atoms with Crippen LogP contribution in [0.1, 0.15) is 56.2 Å². The molecule has 2 aromatic carbocycles. The first kappa shape index (κ1) is 24.3. The number of halogens is 1. The van der Waals surface area contributed by atoms with Gasteiger partial charge >= 0.3 is 6.15 Å². The van der Waals surface area contributed by atoms with E-state index in [0.29, 0.717) is 4.90 Å². The van der Waals surface area contributed by atoms with Crippen molar-refractivity contribution in [2.75, 3.05) is 17.9 Å². The fraction of sp³-hybridized carbons (Fsp3) is 0.409. The molecule has 0 spiro atoms. The quantitative estimate of drug-likeness (QED) is 0.566. The molecule has 1 unspecified atom stereocenters. The average Bonchev–Trinajstić information content (AvgIpc) is 2.79. The monoisotopic (exact) mass is 494 g/mol. The van der Waals surface area contributed by atoms with Crippen LogP contribution in [0.2, 0.25) is 0 Å². The number of unbranched alkanes of at least 4 members (excludes halogenated alkanes) is 4. The van der Waals surface area contributed by atoms with Gasteiger partial charge in [-0.05, 0) is 42.3 Å². The number of hydrogen-bond donors (Lipinski definition) is 1. The van der Waals surface area contributed by atoms with Crippen LogP contribution in [-0.2, 0) is 19.6 Å². The predicted octanol–water partition coefficient (Wildman–Crippen LogP) is 4.65. The molecule has 162 valence electrons. The van der Waals surface area contributed by atoms with Gasteiger partial charge in [-0.3, -0.25) is 4.31 Å². The van der Waals surface area contributed by atoms with E-state index in [1.165, 1.54) is 30.0 Å². The first-order valence-electron chi connectivity index (χ1n) is 9.98. The third kappa shape index (κ3) is 5.58. The van der Waals surface area contributed by atoms with E-state index in [1.54, 1.807) is 13.1 Å². The van der Waals surface area contributed by atoms with E-state index in [9.17, 15) is 8.42 Å². The van der Waals surface area contributed by atoms with Crippen LogP contribution in [0.3, 0.4) is 0 Å². The standard InChI is InChI=1S/C21H27BrN2O2S.CO2/c1-3-4-5-6-9-14-23-21-17-10-7-8-11-19(17)24(2)27(25,26)20-15-16(22)12-13-18(20)21;2-1-3/h7-8,10-13,15,21,23H,3-6,9,14H2,1-2H3;. The number of carbonyl (C=O) groups excluding carboxylic acids is 2. The molecule has 1 atom stereocenters. The molecule has 0 saturated heterocycles. The summed E-state index contributed by atoms with van der Waals surface area (Å²) in [6.45, 7) is 3.08. The number of sulfonamides is 1. The second kappa shape index (κ2) is 11.4. The number of para-hydroxylation sites is 1. The van der Waals surface area contributed by atoms with E-state index in [1.807, 2.05) is 36.4 Å². The van der Waals surface area contributed by atoms with Gasteiger partial charge in [0.25, 0.3) is 10.0 Å². The zero-order valence-electron chi connectivity index (χ0n) is 17.2. The van der Waals surface area contributed by atoms with Crippen LogP contribution in [0.25, 0.3) is 0 Å². The molecule has 0 radical (unpaired) electrons. The minimum Gasteiger partial charge on any atom is -0.306 e. The van der Waals surface area contributed by atoms with E-state index >= 15 is 0 Å². The molecule has 1 N–H and O–H groups in total. The number of nitrogens with one attached hydrogen (secondary N) is 1. The van der Waals surface area contributed by atoms with Gasteiger partial charge in [0, 0.05) is 11.5 Å². The molecule has 1 aliphatic heterocycles. The number of nitrogens with zero attached hydrogens (tertiary/aromatic N) is 1. The van der Waals surface area contributed by atoms with Gasteiger partial charge in [-0.25, -0.2) is 8.42 Å². The van der Waals surface area contributed by atoms with Crippen LogP contribution >= 0.6 is 15.9 Å². The molecular weight excluding hydrogens is 468 g/mol. The van der Waals surface area contributed by atoms with Crippen molar-refractivity contribution in [2.45, 2.75) is 50.0 Å². The molecule has 3 rings (SSSR count). The molecule has 0 aromatic heterocycles. The summed E-state index contributed by atoms with van der Waals surface area (Å²) < 4.78 is 28.6. The van der Waals surface area contributed by atoms with Gasteiger partial charge in [0.1, 0.15) is 0 Å². The molecule has 0 saturated carbocycles. The summed E-state index contributed by atoms with van der Waals surface area (Å²) in [6, 6.07) is 13.2. The molecule has 6 nitrogen and oxygen atoms in total. The highest BCUT2D eigenvalue weighted by Crippen LogP contribution is 2.40. The van der Waals surface area contributed by atoms with Crippen LogP contribution in [-0.4, -0.2) is 28.2 Å². The fourth-order valence-corrected chi connectivity index (χ4v) is 5.62. The van der Waals surface area contributed by atoms with Crippen molar-refractivity contribution < 1.29 is 18.0 Å². The predicted molar refractivity (Wildman–Crippen MR) is 120 cm³/mol. The Morgan fingerprint density at radius 2 is 1.70 bits per heavy atom. The third-order valence-electron chi connectivity index (χ3n) is 5.14. The molecular formula is C22H27BrN2O4S. The summed E-state index contributed by atoms with van der Waals surface area (Å²) in [6.07, 6.45) is 6.29. The van der Waals surface area contributed by atoms with E-state index in [0.717, 1.165) is 34.3 Å². The molecule has 0 amide bonds. The third-order valence-corrected chi connectivity index (χ3v) is 7.46. The average molecular weight is 495 g/mol. The van der Waals surface area contributed by atoms with Crippen molar-refractivity contribution >= 4 is 37.8 Å². The van der Waals surface area contributed by atoms with Crippen molar-refractivity contribution in [1.29, 1.82) is 0 Å². The first-order valence-corrected chi connectivity index (χ1v) is 12.2. The maximum atomic E-state index is 13.2. The maximum absolute atomic E-state index is 13.2. The van der Waals surface area contributed by atoms with Crippen LogP contribution < -0.4 is 9.62 Å². The number of fused-ring (bicyclic) bond motifs is 2. The van der Waals surface area contributed by atoms with E-state index in [2.05, 4.69) is 28.2 Å². The van der Waals surface area contributed by atoms with E-state index < -0.39 is 10.0 Å². The Morgan fingerprint density at radius 1 is 1.03 bits per heavy atom. The molecule has 2 aromatic rings. The minimum absolute atomic E-state index is 0.143. The lowest BCUT2D eigenvalue weighted by Crippen LogP contribution is -2.26. The minimum atomic E-state index is -3.61. The highest BCUT2D eigenvalue weighted by molar-refractivity contribution is 9.10. The Labute approximate surface area is 186 Å². The summed E-state index contributed by atoms with van der Waals surface area (Å²) in [7, 11) is -1.97. The lowest BCUT2D eigenvalue weighted by atomic mass is 9.96. The topological polar surface area (TPSA) is 83.6 Å². The van der Waals surface area contributed by atoms with Gasteiger partial charge in [-0.2, -0.15) is 9.59 Å². The van der Waals surface area contributed by atoms with Crippen molar-refractivity contribution in [3.05, 3.63) is 58.1 Å². The van der Waals surface area contributed by atoms with Gasteiger partial charge in [0.2, 0.25) is 0 Å². The van der Waals surface area contributed by atoms with Gasteiger partial charge < -0.3 is 5.32 Å². The molecule has 30 heavy (non-hydrogen) atoms. The van der Waals surface area contributed by atoms with Gasteiger partial charge in [0.05, 0.1) is 16.6 Å². The summed E-state index contributed by atoms with van der Waals surface area (Å²) in [4.78, 5) is 16.6. The first-order chi connectivity index (χ1) is 14.4. The highest BCUT2D eigenvalue weighted by atomic mass is 79.9. The van der Waals surface area contributed by atoms with Crippen LogP contribution in [0.15, 0.2) is 51.8 Å². The lowest BCUT2D eigenvalue weighted by Gasteiger charge is -2.22. The van der Waals surface area contributed by atoms with E-state index in [4.69, 9.17) is 9.59 Å². The molecule has 1 aliphatic rings. The van der Waals surface area contributed by atoms with Crippen molar-refractivity contribution in [1.82, 2.24) is 5.32 Å².